The molecule has 0 aromatic carbocycles. The molecule has 2 N–H and O–H groups in total. The summed E-state index contributed by atoms with van der Waals surface area (Å²) in [4.78, 5) is 4.53. The first-order valence-electron chi connectivity index (χ1n) is 7.11. The molecule has 0 amide bonds. The van der Waals surface area contributed by atoms with Gasteiger partial charge in [0.05, 0.1) is 12.3 Å². The summed E-state index contributed by atoms with van der Waals surface area (Å²) in [7, 11) is 0. The Morgan fingerprint density at radius 2 is 2.21 bits per heavy atom. The molecule has 0 aliphatic heterocycles. The van der Waals surface area contributed by atoms with Gasteiger partial charge in [-0.25, -0.2) is 0 Å². The first kappa shape index (κ1) is 14.3. The average molecular weight is 264 g/mol. The van der Waals surface area contributed by atoms with Crippen molar-refractivity contribution in [1.29, 1.82) is 0 Å². The molecule has 1 aromatic rings. The molecule has 106 valence electrons. The van der Waals surface area contributed by atoms with Crippen LogP contribution in [0.1, 0.15) is 37.6 Å². The molecule has 0 radical (unpaired) electrons. The van der Waals surface area contributed by atoms with Crippen molar-refractivity contribution in [2.45, 2.75) is 45.6 Å². The minimum Gasteiger partial charge on any atom is -0.466 e. The van der Waals surface area contributed by atoms with E-state index in [0.29, 0.717) is 6.79 Å². The maximum atomic E-state index is 6.00. The van der Waals surface area contributed by atoms with Crippen LogP contribution in [-0.4, -0.2) is 24.4 Å². The molecular formula is C15H24N2O2. The van der Waals surface area contributed by atoms with Gasteiger partial charge in [0.1, 0.15) is 5.75 Å². The molecule has 0 saturated heterocycles. The molecule has 0 spiro atoms. The van der Waals surface area contributed by atoms with Gasteiger partial charge in [-0.2, -0.15) is 0 Å². The van der Waals surface area contributed by atoms with E-state index < -0.39 is 0 Å². The Morgan fingerprint density at radius 1 is 1.42 bits per heavy atom. The monoisotopic (exact) mass is 264 g/mol. The molecule has 1 saturated carbocycles. The molecule has 1 aliphatic rings. The van der Waals surface area contributed by atoms with Gasteiger partial charge in [-0.1, -0.05) is 6.92 Å². The molecule has 1 atom stereocenters. The van der Waals surface area contributed by atoms with Gasteiger partial charge < -0.3 is 15.2 Å². The summed E-state index contributed by atoms with van der Waals surface area (Å²) >= 11 is 0. The van der Waals surface area contributed by atoms with E-state index in [4.69, 9.17) is 15.2 Å². The third-order valence-electron chi connectivity index (χ3n) is 3.40. The number of aromatic nitrogens is 1. The SMILES string of the molecule is CCC(N)Cc1nc(C)ccc1OCOCC1CC1. The number of rotatable bonds is 8. The number of nitrogens with zero attached hydrogens (tertiary/aromatic N) is 1. The summed E-state index contributed by atoms with van der Waals surface area (Å²) in [5.41, 5.74) is 7.92. The van der Waals surface area contributed by atoms with Crippen molar-refractivity contribution < 1.29 is 9.47 Å². The van der Waals surface area contributed by atoms with Crippen molar-refractivity contribution >= 4 is 0 Å². The van der Waals surface area contributed by atoms with Crippen LogP contribution >= 0.6 is 0 Å². The van der Waals surface area contributed by atoms with Crippen molar-refractivity contribution in [2.24, 2.45) is 11.7 Å². The first-order chi connectivity index (χ1) is 9.19. The number of hydrogen-bond acceptors (Lipinski definition) is 4. The highest BCUT2D eigenvalue weighted by Gasteiger charge is 2.21. The van der Waals surface area contributed by atoms with E-state index in [1.165, 1.54) is 12.8 Å². The van der Waals surface area contributed by atoms with E-state index in [1.807, 2.05) is 19.1 Å². The number of nitrogens with two attached hydrogens (primary N) is 1. The van der Waals surface area contributed by atoms with E-state index in [2.05, 4.69) is 11.9 Å². The van der Waals surface area contributed by atoms with E-state index in [9.17, 15) is 0 Å². The highest BCUT2D eigenvalue weighted by atomic mass is 16.7. The largest absolute Gasteiger partial charge is 0.466 e. The van der Waals surface area contributed by atoms with Crippen LogP contribution in [0.2, 0.25) is 0 Å². The van der Waals surface area contributed by atoms with Crippen LogP contribution in [0.3, 0.4) is 0 Å². The number of hydrogen-bond donors (Lipinski definition) is 1. The quantitative estimate of drug-likeness (QED) is 0.579. The molecule has 2 rings (SSSR count). The number of aryl methyl sites for hydroxylation is 1. The number of pyridine rings is 1. The minimum atomic E-state index is 0.129. The van der Waals surface area contributed by atoms with Crippen molar-refractivity contribution in [3.63, 3.8) is 0 Å². The first-order valence-corrected chi connectivity index (χ1v) is 7.11. The summed E-state index contributed by atoms with van der Waals surface area (Å²) in [5, 5.41) is 0. The molecule has 1 fully saturated rings. The Morgan fingerprint density at radius 3 is 2.89 bits per heavy atom. The maximum absolute atomic E-state index is 6.00. The third kappa shape index (κ3) is 4.80. The molecular weight excluding hydrogens is 240 g/mol. The van der Waals surface area contributed by atoms with Crippen LogP contribution in [0.4, 0.5) is 0 Å². The fraction of sp³-hybridized carbons (Fsp3) is 0.667. The van der Waals surface area contributed by atoms with Gasteiger partial charge >= 0.3 is 0 Å². The Kier molecular flexibility index (Phi) is 5.16. The predicted molar refractivity (Wildman–Crippen MR) is 75.1 cm³/mol. The molecule has 0 bridgehead atoms. The normalized spacial score (nSPS) is 16.4. The predicted octanol–water partition coefficient (Wildman–Crippen LogP) is 2.43. The Labute approximate surface area is 115 Å². The Bertz CT molecular complexity index is 405. The van der Waals surface area contributed by atoms with Crippen molar-refractivity contribution in [1.82, 2.24) is 4.98 Å². The van der Waals surface area contributed by atoms with Crippen LogP contribution in [0.25, 0.3) is 0 Å². The van der Waals surface area contributed by atoms with Gasteiger partial charge in [-0.3, -0.25) is 4.98 Å². The molecule has 1 aliphatic carbocycles. The van der Waals surface area contributed by atoms with Gasteiger partial charge in [0.15, 0.2) is 6.79 Å². The highest BCUT2D eigenvalue weighted by molar-refractivity contribution is 5.29. The van der Waals surface area contributed by atoms with Crippen LogP contribution in [0, 0.1) is 12.8 Å². The zero-order valence-electron chi connectivity index (χ0n) is 11.9. The van der Waals surface area contributed by atoms with E-state index >= 15 is 0 Å². The van der Waals surface area contributed by atoms with E-state index in [1.54, 1.807) is 0 Å². The van der Waals surface area contributed by atoms with Crippen LogP contribution in [0.15, 0.2) is 12.1 Å². The molecule has 1 unspecified atom stereocenters. The fourth-order valence-corrected chi connectivity index (χ4v) is 1.87. The third-order valence-corrected chi connectivity index (χ3v) is 3.40. The summed E-state index contributed by atoms with van der Waals surface area (Å²) in [6.45, 7) is 5.17. The van der Waals surface area contributed by atoms with Gasteiger partial charge in [0, 0.05) is 18.2 Å². The van der Waals surface area contributed by atoms with Crippen molar-refractivity contribution in [3.8, 4) is 5.75 Å². The lowest BCUT2D eigenvalue weighted by Gasteiger charge is -2.14. The summed E-state index contributed by atoms with van der Waals surface area (Å²) in [5.74, 6) is 1.55. The van der Waals surface area contributed by atoms with E-state index in [0.717, 1.165) is 42.5 Å². The summed E-state index contributed by atoms with van der Waals surface area (Å²) in [6, 6.07) is 4.04. The second-order valence-corrected chi connectivity index (χ2v) is 5.35. The van der Waals surface area contributed by atoms with Gasteiger partial charge in [-0.05, 0) is 44.2 Å². The number of ether oxygens (including phenoxy) is 2. The molecule has 19 heavy (non-hydrogen) atoms. The molecule has 1 heterocycles. The molecule has 1 aromatic heterocycles. The Hall–Kier alpha value is -1.13. The molecule has 4 heteroatoms. The standard InChI is InChI=1S/C15H24N2O2/c1-3-13(16)8-14-15(7-4-11(2)17-14)19-10-18-9-12-5-6-12/h4,7,12-13H,3,5-6,8-10,16H2,1-2H3. The lowest BCUT2D eigenvalue weighted by atomic mass is 10.1. The van der Waals surface area contributed by atoms with Crippen LogP contribution in [-0.2, 0) is 11.2 Å². The second kappa shape index (κ2) is 6.87. The highest BCUT2D eigenvalue weighted by Crippen LogP contribution is 2.28. The van der Waals surface area contributed by atoms with Crippen LogP contribution < -0.4 is 10.5 Å². The molecule has 4 nitrogen and oxygen atoms in total. The average Bonchev–Trinajstić information content (AvgIpc) is 3.20. The van der Waals surface area contributed by atoms with Gasteiger partial charge in [-0.15, -0.1) is 0 Å². The lowest BCUT2D eigenvalue weighted by Crippen LogP contribution is -2.22. The van der Waals surface area contributed by atoms with Gasteiger partial charge in [0.2, 0.25) is 0 Å². The van der Waals surface area contributed by atoms with Gasteiger partial charge in [0.25, 0.3) is 0 Å². The van der Waals surface area contributed by atoms with E-state index in [-0.39, 0.29) is 6.04 Å². The summed E-state index contributed by atoms with van der Waals surface area (Å²) < 4.78 is 11.2. The van der Waals surface area contributed by atoms with Crippen molar-refractivity contribution in [2.75, 3.05) is 13.4 Å². The smallest absolute Gasteiger partial charge is 0.189 e. The lowest BCUT2D eigenvalue weighted by molar-refractivity contribution is 0.00916. The minimum absolute atomic E-state index is 0.129. The van der Waals surface area contributed by atoms with Crippen molar-refractivity contribution in [3.05, 3.63) is 23.5 Å². The maximum Gasteiger partial charge on any atom is 0.189 e. The zero-order valence-corrected chi connectivity index (χ0v) is 11.9. The Balaban J connectivity index is 1.88. The van der Waals surface area contributed by atoms with Crippen LogP contribution in [0.5, 0.6) is 5.75 Å². The summed E-state index contributed by atoms with van der Waals surface area (Å²) in [6.07, 6.45) is 4.27. The fourth-order valence-electron chi connectivity index (χ4n) is 1.87. The zero-order chi connectivity index (χ0) is 13.7. The topological polar surface area (TPSA) is 57.4 Å². The second-order valence-electron chi connectivity index (χ2n) is 5.35.